The van der Waals surface area contributed by atoms with Crippen LogP contribution in [0.5, 0.6) is 0 Å². The third-order valence-electron chi connectivity index (χ3n) is 4.28. The van der Waals surface area contributed by atoms with Gasteiger partial charge < -0.3 is 10.6 Å². The van der Waals surface area contributed by atoms with Gasteiger partial charge in [0, 0.05) is 25.7 Å². The lowest BCUT2D eigenvalue weighted by molar-refractivity contribution is -0.130. The van der Waals surface area contributed by atoms with Gasteiger partial charge in [-0.3, -0.25) is 9.48 Å². The van der Waals surface area contributed by atoms with E-state index in [1.807, 2.05) is 4.90 Å². The maximum atomic E-state index is 12.2. The Balaban J connectivity index is 1.90. The summed E-state index contributed by atoms with van der Waals surface area (Å²) in [6.45, 7) is 9.09. The summed E-state index contributed by atoms with van der Waals surface area (Å²) in [5.41, 5.74) is 6.59. The van der Waals surface area contributed by atoms with Crippen LogP contribution in [0, 0.1) is 11.3 Å². The van der Waals surface area contributed by atoms with E-state index in [1.54, 1.807) is 17.1 Å². The predicted molar refractivity (Wildman–Crippen MR) is 80.0 cm³/mol. The summed E-state index contributed by atoms with van der Waals surface area (Å²) >= 11 is 0. The van der Waals surface area contributed by atoms with E-state index in [0.717, 1.165) is 25.9 Å². The summed E-state index contributed by atoms with van der Waals surface area (Å²) < 4.78 is 1.80. The molecule has 1 aliphatic rings. The normalized spacial score (nSPS) is 21.1. The average Bonchev–Trinajstić information content (AvgIpc) is 2.66. The molecule has 1 atom stereocenters. The fraction of sp³-hybridized carbons (Fsp3) is 0.733. The maximum absolute atomic E-state index is 12.2. The number of likely N-dealkylation sites (tertiary alicyclic amines) is 1. The number of nitrogens with zero attached hydrogens (tertiary/aromatic N) is 3. The average molecular weight is 278 g/mol. The molecule has 0 aromatic carbocycles. The lowest BCUT2D eigenvalue weighted by atomic mass is 9.77. The first-order valence-corrected chi connectivity index (χ1v) is 7.42. The molecule has 0 radical (unpaired) electrons. The lowest BCUT2D eigenvalue weighted by Crippen LogP contribution is -2.33. The molecule has 2 rings (SSSR count). The van der Waals surface area contributed by atoms with Crippen molar-refractivity contribution in [1.82, 2.24) is 14.7 Å². The molecule has 5 heteroatoms. The van der Waals surface area contributed by atoms with Crippen molar-refractivity contribution < 1.29 is 4.79 Å². The van der Waals surface area contributed by atoms with Crippen molar-refractivity contribution in [2.45, 2.75) is 46.6 Å². The summed E-state index contributed by atoms with van der Waals surface area (Å²) in [4.78, 5) is 14.2. The Morgan fingerprint density at radius 2 is 2.10 bits per heavy atom. The van der Waals surface area contributed by atoms with Gasteiger partial charge in [0.2, 0.25) is 5.91 Å². The van der Waals surface area contributed by atoms with Crippen molar-refractivity contribution in [3.8, 4) is 0 Å². The molecule has 5 nitrogen and oxygen atoms in total. The third-order valence-corrected chi connectivity index (χ3v) is 4.28. The molecule has 1 aliphatic heterocycles. The summed E-state index contributed by atoms with van der Waals surface area (Å²) in [6, 6.07) is 0. The largest absolute Gasteiger partial charge is 0.396 e. The van der Waals surface area contributed by atoms with Gasteiger partial charge in [0.15, 0.2) is 0 Å². The van der Waals surface area contributed by atoms with E-state index in [4.69, 9.17) is 5.73 Å². The van der Waals surface area contributed by atoms with Gasteiger partial charge in [-0.15, -0.1) is 0 Å². The van der Waals surface area contributed by atoms with Crippen LogP contribution in [-0.4, -0.2) is 33.7 Å². The quantitative estimate of drug-likeness (QED) is 0.921. The second-order valence-electron chi connectivity index (χ2n) is 6.81. The van der Waals surface area contributed by atoms with E-state index >= 15 is 0 Å². The van der Waals surface area contributed by atoms with Crippen molar-refractivity contribution in [2.24, 2.45) is 11.3 Å². The van der Waals surface area contributed by atoms with Crippen LogP contribution in [0.2, 0.25) is 0 Å². The van der Waals surface area contributed by atoms with Crippen LogP contribution in [0.4, 0.5) is 5.69 Å². The van der Waals surface area contributed by atoms with Crippen molar-refractivity contribution in [1.29, 1.82) is 0 Å². The van der Waals surface area contributed by atoms with Crippen LogP contribution in [0.15, 0.2) is 12.4 Å². The van der Waals surface area contributed by atoms with Gasteiger partial charge in [0.25, 0.3) is 0 Å². The van der Waals surface area contributed by atoms with Gasteiger partial charge in [-0.2, -0.15) is 5.10 Å². The SMILES string of the molecule is CC(C)(C)C1CCC(=O)N(CCn2cc(N)cn2)CC1. The van der Waals surface area contributed by atoms with Crippen molar-refractivity contribution >= 4 is 11.6 Å². The third kappa shape index (κ3) is 3.74. The standard InChI is InChI=1S/C15H26N4O/c1-15(2,3)12-4-5-14(20)18(7-6-12)8-9-19-11-13(16)10-17-19/h10-12H,4-9,16H2,1-3H3. The zero-order chi connectivity index (χ0) is 14.8. The molecule has 20 heavy (non-hydrogen) atoms. The Labute approximate surface area is 121 Å². The van der Waals surface area contributed by atoms with Gasteiger partial charge in [-0.05, 0) is 24.2 Å². The zero-order valence-electron chi connectivity index (χ0n) is 12.8. The molecule has 0 saturated carbocycles. The van der Waals surface area contributed by atoms with Gasteiger partial charge >= 0.3 is 0 Å². The van der Waals surface area contributed by atoms with Crippen LogP contribution < -0.4 is 5.73 Å². The van der Waals surface area contributed by atoms with E-state index in [2.05, 4.69) is 25.9 Å². The smallest absolute Gasteiger partial charge is 0.222 e. The van der Waals surface area contributed by atoms with Crippen LogP contribution >= 0.6 is 0 Å². The van der Waals surface area contributed by atoms with Crippen LogP contribution in [0.25, 0.3) is 0 Å². The number of amides is 1. The number of nitrogens with two attached hydrogens (primary N) is 1. The number of carbonyl (C=O) groups excluding carboxylic acids is 1. The fourth-order valence-electron chi connectivity index (χ4n) is 2.86. The number of hydrogen-bond acceptors (Lipinski definition) is 3. The molecule has 0 spiro atoms. The maximum Gasteiger partial charge on any atom is 0.222 e. The summed E-state index contributed by atoms with van der Waals surface area (Å²) in [5.74, 6) is 0.897. The minimum atomic E-state index is 0.275. The first-order chi connectivity index (χ1) is 9.36. The molecule has 1 unspecified atom stereocenters. The second kappa shape index (κ2) is 5.85. The predicted octanol–water partition coefficient (Wildman–Crippen LogP) is 2.14. The van der Waals surface area contributed by atoms with Gasteiger partial charge in [0.05, 0.1) is 18.4 Å². The zero-order valence-corrected chi connectivity index (χ0v) is 12.8. The van der Waals surface area contributed by atoms with E-state index < -0.39 is 0 Å². The Morgan fingerprint density at radius 1 is 1.35 bits per heavy atom. The number of aromatic nitrogens is 2. The Morgan fingerprint density at radius 3 is 2.70 bits per heavy atom. The molecular formula is C15H26N4O. The molecule has 2 heterocycles. The Hall–Kier alpha value is -1.52. The lowest BCUT2D eigenvalue weighted by Gasteiger charge is -2.29. The Kier molecular flexibility index (Phi) is 4.35. The molecule has 0 bridgehead atoms. The number of anilines is 1. The van der Waals surface area contributed by atoms with Gasteiger partial charge in [-0.1, -0.05) is 20.8 Å². The first-order valence-electron chi connectivity index (χ1n) is 7.42. The molecule has 1 aromatic heterocycles. The Bertz CT molecular complexity index is 461. The first kappa shape index (κ1) is 14.9. The molecule has 1 fully saturated rings. The van der Waals surface area contributed by atoms with E-state index in [1.165, 1.54) is 0 Å². The van der Waals surface area contributed by atoms with Crippen molar-refractivity contribution in [3.05, 3.63) is 12.4 Å². The van der Waals surface area contributed by atoms with Gasteiger partial charge in [0.1, 0.15) is 0 Å². The van der Waals surface area contributed by atoms with E-state index in [9.17, 15) is 4.79 Å². The summed E-state index contributed by atoms with van der Waals surface area (Å²) in [6.07, 6.45) is 6.22. The molecular weight excluding hydrogens is 252 g/mol. The van der Waals surface area contributed by atoms with Crippen LogP contribution in [0.3, 0.4) is 0 Å². The second-order valence-corrected chi connectivity index (χ2v) is 6.81. The summed E-state index contributed by atoms with van der Waals surface area (Å²) in [5, 5.41) is 4.16. The highest BCUT2D eigenvalue weighted by atomic mass is 16.2. The van der Waals surface area contributed by atoms with Crippen molar-refractivity contribution in [2.75, 3.05) is 18.8 Å². The fourth-order valence-corrected chi connectivity index (χ4v) is 2.86. The highest BCUT2D eigenvalue weighted by Crippen LogP contribution is 2.34. The number of rotatable bonds is 3. The van der Waals surface area contributed by atoms with E-state index in [-0.39, 0.29) is 11.3 Å². The van der Waals surface area contributed by atoms with Gasteiger partial charge in [-0.25, -0.2) is 0 Å². The van der Waals surface area contributed by atoms with Crippen molar-refractivity contribution in [3.63, 3.8) is 0 Å². The molecule has 1 aromatic rings. The van der Waals surface area contributed by atoms with Crippen LogP contribution in [0.1, 0.15) is 40.0 Å². The molecule has 1 saturated heterocycles. The molecule has 0 aliphatic carbocycles. The molecule has 112 valence electrons. The number of nitrogen functional groups attached to an aromatic ring is 1. The van der Waals surface area contributed by atoms with Crippen LogP contribution in [-0.2, 0) is 11.3 Å². The summed E-state index contributed by atoms with van der Waals surface area (Å²) in [7, 11) is 0. The molecule has 2 N–H and O–H groups in total. The molecule has 1 amide bonds. The number of carbonyl (C=O) groups is 1. The monoisotopic (exact) mass is 278 g/mol. The minimum absolute atomic E-state index is 0.275. The minimum Gasteiger partial charge on any atom is -0.396 e. The topological polar surface area (TPSA) is 64.2 Å². The highest BCUT2D eigenvalue weighted by molar-refractivity contribution is 5.76. The van der Waals surface area contributed by atoms with E-state index in [0.29, 0.717) is 24.6 Å². The number of hydrogen-bond donors (Lipinski definition) is 1. The highest BCUT2D eigenvalue weighted by Gasteiger charge is 2.29.